The van der Waals surface area contributed by atoms with Crippen molar-refractivity contribution >= 4 is 5.65 Å². The fourth-order valence-corrected chi connectivity index (χ4v) is 2.65. The minimum Gasteiger partial charge on any atom is -0.307 e. The van der Waals surface area contributed by atoms with Crippen molar-refractivity contribution in [2.75, 3.05) is 0 Å². The van der Waals surface area contributed by atoms with Gasteiger partial charge in [0.25, 0.3) is 0 Å². The number of hydrogen-bond donors (Lipinski definition) is 0. The predicted octanol–water partition coefficient (Wildman–Crippen LogP) is 2.40. The molecule has 3 heterocycles. The second-order valence-electron chi connectivity index (χ2n) is 4.83. The average Bonchev–Trinajstić information content (AvgIpc) is 3.04. The lowest BCUT2D eigenvalue weighted by Gasteiger charge is -2.06. The summed E-state index contributed by atoms with van der Waals surface area (Å²) in [6.07, 6.45) is 12.8. The zero-order valence-corrected chi connectivity index (χ0v) is 10.1. The Morgan fingerprint density at radius 1 is 1.11 bits per heavy atom. The summed E-state index contributed by atoms with van der Waals surface area (Å²) in [5.41, 5.74) is 4.72. The van der Waals surface area contributed by atoms with Crippen molar-refractivity contribution < 1.29 is 0 Å². The maximum atomic E-state index is 4.69. The van der Waals surface area contributed by atoms with E-state index in [0.29, 0.717) is 0 Å². The molecule has 0 amide bonds. The van der Waals surface area contributed by atoms with Crippen LogP contribution in [0.3, 0.4) is 0 Å². The molecular weight excluding hydrogens is 224 g/mol. The summed E-state index contributed by atoms with van der Waals surface area (Å²) in [6, 6.07) is 4.14. The van der Waals surface area contributed by atoms with Crippen molar-refractivity contribution in [1.29, 1.82) is 0 Å². The van der Waals surface area contributed by atoms with Crippen LogP contribution < -0.4 is 0 Å². The van der Waals surface area contributed by atoms with Gasteiger partial charge in [0.15, 0.2) is 0 Å². The van der Waals surface area contributed by atoms with E-state index in [1.54, 1.807) is 0 Å². The highest BCUT2D eigenvalue weighted by Crippen LogP contribution is 2.21. The van der Waals surface area contributed by atoms with Crippen molar-refractivity contribution in [3.05, 3.63) is 48.2 Å². The molecule has 4 heteroatoms. The number of imidazole rings is 1. The van der Waals surface area contributed by atoms with Crippen molar-refractivity contribution in [3.8, 4) is 5.69 Å². The molecule has 0 fully saturated rings. The number of hydrogen-bond acceptors (Lipinski definition) is 2. The Labute approximate surface area is 105 Å². The first-order valence-electron chi connectivity index (χ1n) is 6.41. The number of aromatic nitrogens is 4. The zero-order chi connectivity index (χ0) is 11.9. The van der Waals surface area contributed by atoms with Crippen LogP contribution >= 0.6 is 0 Å². The van der Waals surface area contributed by atoms with E-state index in [9.17, 15) is 0 Å². The minimum atomic E-state index is 0.959. The normalized spacial score (nSPS) is 14.9. The first kappa shape index (κ1) is 9.88. The Hall–Kier alpha value is -2.10. The summed E-state index contributed by atoms with van der Waals surface area (Å²) in [4.78, 5) is 4.31. The van der Waals surface area contributed by atoms with Gasteiger partial charge in [0.05, 0.1) is 11.4 Å². The first-order chi connectivity index (χ1) is 8.90. The summed E-state index contributed by atoms with van der Waals surface area (Å²) < 4.78 is 4.00. The summed E-state index contributed by atoms with van der Waals surface area (Å²) in [5.74, 6) is 0. The Morgan fingerprint density at radius 2 is 2.06 bits per heavy atom. The number of fused-ring (bicyclic) bond motifs is 2. The maximum absolute atomic E-state index is 4.69. The molecule has 0 saturated carbocycles. The molecule has 0 saturated heterocycles. The van der Waals surface area contributed by atoms with E-state index < -0.39 is 0 Å². The number of rotatable bonds is 1. The Morgan fingerprint density at radius 3 is 3.00 bits per heavy atom. The summed E-state index contributed by atoms with van der Waals surface area (Å²) in [7, 11) is 0. The Kier molecular flexibility index (Phi) is 2.03. The third-order valence-electron chi connectivity index (χ3n) is 3.63. The molecular formula is C14H14N4. The highest BCUT2D eigenvalue weighted by molar-refractivity contribution is 5.47. The van der Waals surface area contributed by atoms with Crippen LogP contribution in [0.25, 0.3) is 11.3 Å². The van der Waals surface area contributed by atoms with Gasteiger partial charge < -0.3 is 4.40 Å². The van der Waals surface area contributed by atoms with Gasteiger partial charge in [-0.3, -0.25) is 0 Å². The zero-order valence-electron chi connectivity index (χ0n) is 10.1. The van der Waals surface area contributed by atoms with Crippen molar-refractivity contribution in [3.63, 3.8) is 0 Å². The van der Waals surface area contributed by atoms with Gasteiger partial charge in [-0.15, -0.1) is 0 Å². The van der Waals surface area contributed by atoms with Crippen LogP contribution in [0.1, 0.15) is 24.1 Å². The van der Waals surface area contributed by atoms with E-state index in [-0.39, 0.29) is 0 Å². The number of nitrogens with zero attached hydrogens (tertiary/aromatic N) is 4. The van der Waals surface area contributed by atoms with Crippen molar-refractivity contribution in [2.24, 2.45) is 0 Å². The SMILES string of the molecule is c1cn2ccc(-n3cc4c(n3)CCCC4)cc2n1. The molecule has 4 rings (SSSR count). The lowest BCUT2D eigenvalue weighted by atomic mass is 9.99. The molecule has 0 aromatic carbocycles. The molecule has 18 heavy (non-hydrogen) atoms. The van der Waals surface area contributed by atoms with Gasteiger partial charge in [0.1, 0.15) is 5.65 Å². The van der Waals surface area contributed by atoms with Crippen molar-refractivity contribution in [1.82, 2.24) is 19.2 Å². The quantitative estimate of drug-likeness (QED) is 0.652. The lowest BCUT2D eigenvalue weighted by molar-refractivity contribution is 0.671. The van der Waals surface area contributed by atoms with Gasteiger partial charge in [-0.1, -0.05) is 0 Å². The smallest absolute Gasteiger partial charge is 0.138 e. The van der Waals surface area contributed by atoms with Crippen LogP contribution in [0.5, 0.6) is 0 Å². The van der Waals surface area contributed by atoms with Crippen LogP contribution in [0.15, 0.2) is 36.9 Å². The van der Waals surface area contributed by atoms with Gasteiger partial charge in [-0.25, -0.2) is 9.67 Å². The Bertz CT molecular complexity index is 684. The van der Waals surface area contributed by atoms with Crippen LogP contribution in [0.2, 0.25) is 0 Å². The fraction of sp³-hybridized carbons (Fsp3) is 0.286. The topological polar surface area (TPSA) is 35.1 Å². The third-order valence-corrected chi connectivity index (χ3v) is 3.63. The molecule has 0 bridgehead atoms. The molecule has 0 unspecified atom stereocenters. The van der Waals surface area contributed by atoms with Gasteiger partial charge in [0, 0.05) is 30.9 Å². The van der Waals surface area contributed by atoms with Crippen LogP contribution in [-0.2, 0) is 12.8 Å². The molecule has 0 spiro atoms. The maximum Gasteiger partial charge on any atom is 0.138 e. The largest absolute Gasteiger partial charge is 0.307 e. The molecule has 1 aliphatic rings. The Balaban J connectivity index is 1.83. The molecule has 0 N–H and O–H groups in total. The van der Waals surface area contributed by atoms with Crippen LogP contribution in [-0.4, -0.2) is 19.2 Å². The van der Waals surface area contributed by atoms with Crippen LogP contribution in [0, 0.1) is 0 Å². The van der Waals surface area contributed by atoms with Gasteiger partial charge in [0.2, 0.25) is 0 Å². The second kappa shape index (κ2) is 3.70. The van der Waals surface area contributed by atoms with E-state index in [0.717, 1.165) is 17.8 Å². The predicted molar refractivity (Wildman–Crippen MR) is 69.0 cm³/mol. The van der Waals surface area contributed by atoms with Gasteiger partial charge >= 0.3 is 0 Å². The van der Waals surface area contributed by atoms with E-state index in [1.165, 1.54) is 30.5 Å². The summed E-state index contributed by atoms with van der Waals surface area (Å²) >= 11 is 0. The highest BCUT2D eigenvalue weighted by Gasteiger charge is 2.14. The summed E-state index contributed by atoms with van der Waals surface area (Å²) in [5, 5.41) is 4.69. The van der Waals surface area contributed by atoms with E-state index in [1.807, 2.05) is 27.7 Å². The molecule has 3 aromatic rings. The fourth-order valence-electron chi connectivity index (χ4n) is 2.65. The molecule has 0 atom stereocenters. The minimum absolute atomic E-state index is 0.959. The van der Waals surface area contributed by atoms with Crippen LogP contribution in [0.4, 0.5) is 0 Å². The van der Waals surface area contributed by atoms with Gasteiger partial charge in [-0.2, -0.15) is 5.10 Å². The van der Waals surface area contributed by atoms with E-state index in [4.69, 9.17) is 5.10 Å². The summed E-state index contributed by atoms with van der Waals surface area (Å²) in [6.45, 7) is 0. The second-order valence-corrected chi connectivity index (χ2v) is 4.83. The lowest BCUT2D eigenvalue weighted by Crippen LogP contribution is -2.00. The number of aryl methyl sites for hydroxylation is 2. The molecule has 1 aliphatic carbocycles. The van der Waals surface area contributed by atoms with Gasteiger partial charge in [-0.05, 0) is 37.3 Å². The molecule has 90 valence electrons. The van der Waals surface area contributed by atoms with Crippen molar-refractivity contribution in [2.45, 2.75) is 25.7 Å². The van der Waals surface area contributed by atoms with E-state index in [2.05, 4.69) is 23.3 Å². The van der Waals surface area contributed by atoms with E-state index >= 15 is 0 Å². The monoisotopic (exact) mass is 238 g/mol. The molecule has 0 radical (unpaired) electrons. The first-order valence-corrected chi connectivity index (χ1v) is 6.41. The highest BCUT2D eigenvalue weighted by atomic mass is 15.3. The number of pyridine rings is 1. The molecule has 0 aliphatic heterocycles. The molecule has 3 aromatic heterocycles. The third kappa shape index (κ3) is 1.45. The average molecular weight is 238 g/mol. The standard InChI is InChI=1S/C14H14N4/c1-2-4-13-11(3-1)10-18(16-13)12-5-7-17-8-6-15-14(17)9-12/h5-10H,1-4H2. The molecule has 4 nitrogen and oxygen atoms in total.